The number of ether oxygens (including phenoxy) is 1. The Labute approximate surface area is 158 Å². The molecular formula is C20H24N6O. The molecule has 0 unspecified atom stereocenters. The predicted octanol–water partition coefficient (Wildman–Crippen LogP) is 2.71. The van der Waals surface area contributed by atoms with Gasteiger partial charge in [-0.1, -0.05) is 12.1 Å². The Morgan fingerprint density at radius 3 is 2.70 bits per heavy atom. The lowest BCUT2D eigenvalue weighted by Crippen LogP contribution is -2.35. The standard InChI is InChI=1S/C20H24N6O/c1-27-17-5-2-4-16(13-17)12-15-6-10-25(11-7-15)19-18(21)20(23-14-22-19)26-9-3-8-24-26/h2-5,8-9,13-15H,6-7,10-12,21H2,1H3. The average molecular weight is 364 g/mol. The van der Waals surface area contributed by atoms with E-state index in [0.717, 1.165) is 43.9 Å². The normalized spacial score (nSPS) is 15.1. The molecule has 1 aliphatic heterocycles. The van der Waals surface area contributed by atoms with Crippen molar-refractivity contribution in [2.75, 3.05) is 30.8 Å². The fraction of sp³-hybridized carbons (Fsp3) is 0.350. The van der Waals surface area contributed by atoms with Crippen molar-refractivity contribution in [2.45, 2.75) is 19.3 Å². The van der Waals surface area contributed by atoms with Gasteiger partial charge in [0.25, 0.3) is 0 Å². The minimum absolute atomic E-state index is 0.576. The highest BCUT2D eigenvalue weighted by Crippen LogP contribution is 2.30. The maximum atomic E-state index is 6.35. The molecule has 1 aromatic carbocycles. The molecule has 3 heterocycles. The molecule has 27 heavy (non-hydrogen) atoms. The van der Waals surface area contributed by atoms with E-state index in [1.54, 1.807) is 24.3 Å². The van der Waals surface area contributed by atoms with Crippen LogP contribution in [0.15, 0.2) is 49.1 Å². The van der Waals surface area contributed by atoms with E-state index in [1.165, 1.54) is 5.56 Å². The number of nitrogens with two attached hydrogens (primary N) is 1. The molecule has 2 N–H and O–H groups in total. The minimum atomic E-state index is 0.576. The number of anilines is 2. The molecule has 7 nitrogen and oxygen atoms in total. The lowest BCUT2D eigenvalue weighted by molar-refractivity contribution is 0.398. The second kappa shape index (κ2) is 7.65. The minimum Gasteiger partial charge on any atom is -0.497 e. The predicted molar refractivity (Wildman–Crippen MR) is 105 cm³/mol. The van der Waals surface area contributed by atoms with Crippen LogP contribution in [0.1, 0.15) is 18.4 Å². The first-order valence-corrected chi connectivity index (χ1v) is 9.23. The zero-order valence-corrected chi connectivity index (χ0v) is 15.5. The van der Waals surface area contributed by atoms with Crippen molar-refractivity contribution in [1.29, 1.82) is 0 Å². The quantitative estimate of drug-likeness (QED) is 0.750. The highest BCUT2D eigenvalue weighted by molar-refractivity contribution is 5.70. The van der Waals surface area contributed by atoms with Crippen LogP contribution >= 0.6 is 0 Å². The fourth-order valence-electron chi connectivity index (χ4n) is 3.69. The van der Waals surface area contributed by atoms with Gasteiger partial charge < -0.3 is 15.4 Å². The van der Waals surface area contributed by atoms with Gasteiger partial charge in [0.1, 0.15) is 17.8 Å². The summed E-state index contributed by atoms with van der Waals surface area (Å²) in [5.41, 5.74) is 8.26. The summed E-state index contributed by atoms with van der Waals surface area (Å²) in [6, 6.07) is 10.2. The van der Waals surface area contributed by atoms with E-state index in [0.29, 0.717) is 17.4 Å². The molecule has 0 saturated carbocycles. The molecule has 0 bridgehead atoms. The molecule has 3 aromatic rings. The van der Waals surface area contributed by atoms with E-state index in [4.69, 9.17) is 10.5 Å². The van der Waals surface area contributed by atoms with Crippen LogP contribution < -0.4 is 15.4 Å². The molecule has 4 rings (SSSR count). The Morgan fingerprint density at radius 2 is 1.96 bits per heavy atom. The Morgan fingerprint density at radius 1 is 1.15 bits per heavy atom. The van der Waals surface area contributed by atoms with E-state index in [1.807, 2.05) is 18.3 Å². The smallest absolute Gasteiger partial charge is 0.181 e. The number of rotatable bonds is 5. The van der Waals surface area contributed by atoms with Crippen molar-refractivity contribution in [2.24, 2.45) is 5.92 Å². The van der Waals surface area contributed by atoms with Crippen molar-refractivity contribution in [3.63, 3.8) is 0 Å². The molecule has 7 heteroatoms. The van der Waals surface area contributed by atoms with Gasteiger partial charge in [0.05, 0.1) is 7.11 Å². The van der Waals surface area contributed by atoms with E-state index in [-0.39, 0.29) is 0 Å². The van der Waals surface area contributed by atoms with Gasteiger partial charge in [-0.05, 0) is 48.9 Å². The van der Waals surface area contributed by atoms with Gasteiger partial charge in [-0.15, -0.1) is 0 Å². The monoisotopic (exact) mass is 364 g/mol. The Kier molecular flexibility index (Phi) is 4.91. The summed E-state index contributed by atoms with van der Waals surface area (Å²) >= 11 is 0. The van der Waals surface area contributed by atoms with Gasteiger partial charge in [0, 0.05) is 25.5 Å². The summed E-state index contributed by atoms with van der Waals surface area (Å²) in [5, 5.41) is 4.22. The number of hydrogen-bond acceptors (Lipinski definition) is 6. The van der Waals surface area contributed by atoms with Gasteiger partial charge in [-0.2, -0.15) is 5.10 Å². The topological polar surface area (TPSA) is 82.1 Å². The summed E-state index contributed by atoms with van der Waals surface area (Å²) in [6.45, 7) is 1.88. The lowest BCUT2D eigenvalue weighted by Gasteiger charge is -2.33. The van der Waals surface area contributed by atoms with Crippen molar-refractivity contribution in [1.82, 2.24) is 19.7 Å². The lowest BCUT2D eigenvalue weighted by atomic mass is 9.90. The zero-order chi connectivity index (χ0) is 18.6. The molecule has 0 aliphatic carbocycles. The Balaban J connectivity index is 1.43. The SMILES string of the molecule is COc1cccc(CC2CCN(c3ncnc(-n4cccn4)c3N)CC2)c1. The number of aromatic nitrogens is 4. The van der Waals surface area contributed by atoms with Crippen LogP contribution in [0.3, 0.4) is 0 Å². The number of benzene rings is 1. The third-order valence-corrected chi connectivity index (χ3v) is 5.14. The molecule has 0 amide bonds. The van der Waals surface area contributed by atoms with Crippen LogP contribution in [0.25, 0.3) is 5.82 Å². The molecule has 0 radical (unpaired) electrons. The first-order chi connectivity index (χ1) is 13.2. The zero-order valence-electron chi connectivity index (χ0n) is 15.5. The molecule has 140 valence electrons. The van der Waals surface area contributed by atoms with Crippen molar-refractivity contribution in [3.8, 4) is 11.6 Å². The molecule has 1 aliphatic rings. The number of methoxy groups -OCH3 is 1. The van der Waals surface area contributed by atoms with Crippen LogP contribution in [0.2, 0.25) is 0 Å². The summed E-state index contributed by atoms with van der Waals surface area (Å²) in [4.78, 5) is 11.0. The largest absolute Gasteiger partial charge is 0.497 e. The number of piperidine rings is 1. The maximum absolute atomic E-state index is 6.35. The van der Waals surface area contributed by atoms with Crippen molar-refractivity contribution >= 4 is 11.5 Å². The Hall–Kier alpha value is -3.09. The third-order valence-electron chi connectivity index (χ3n) is 5.14. The molecule has 0 spiro atoms. The molecule has 2 aromatic heterocycles. The summed E-state index contributed by atoms with van der Waals surface area (Å²) < 4.78 is 7.01. The van der Waals surface area contributed by atoms with Crippen LogP contribution in [-0.2, 0) is 6.42 Å². The van der Waals surface area contributed by atoms with Gasteiger partial charge in [-0.3, -0.25) is 0 Å². The molecule has 1 saturated heterocycles. The van der Waals surface area contributed by atoms with Gasteiger partial charge in [0.2, 0.25) is 0 Å². The first-order valence-electron chi connectivity index (χ1n) is 9.23. The number of nitrogens with zero attached hydrogens (tertiary/aromatic N) is 5. The summed E-state index contributed by atoms with van der Waals surface area (Å²) in [5.74, 6) is 3.01. The van der Waals surface area contributed by atoms with E-state index in [2.05, 4.69) is 38.2 Å². The molecular weight excluding hydrogens is 340 g/mol. The number of nitrogen functional groups attached to an aromatic ring is 1. The second-order valence-corrected chi connectivity index (χ2v) is 6.87. The summed E-state index contributed by atoms with van der Waals surface area (Å²) in [6.07, 6.45) is 8.40. The van der Waals surface area contributed by atoms with Crippen LogP contribution in [-0.4, -0.2) is 39.9 Å². The van der Waals surface area contributed by atoms with Crippen LogP contribution in [0.4, 0.5) is 11.5 Å². The highest BCUT2D eigenvalue weighted by atomic mass is 16.5. The van der Waals surface area contributed by atoms with E-state index in [9.17, 15) is 0 Å². The van der Waals surface area contributed by atoms with Crippen LogP contribution in [0, 0.1) is 5.92 Å². The van der Waals surface area contributed by atoms with Crippen LogP contribution in [0.5, 0.6) is 5.75 Å². The second-order valence-electron chi connectivity index (χ2n) is 6.87. The maximum Gasteiger partial charge on any atom is 0.181 e. The van der Waals surface area contributed by atoms with Gasteiger partial charge in [-0.25, -0.2) is 14.6 Å². The third kappa shape index (κ3) is 3.72. The number of hydrogen-bond donors (Lipinski definition) is 1. The van der Waals surface area contributed by atoms with Crippen molar-refractivity contribution in [3.05, 3.63) is 54.6 Å². The molecule has 0 atom stereocenters. The summed E-state index contributed by atoms with van der Waals surface area (Å²) in [7, 11) is 1.71. The van der Waals surface area contributed by atoms with E-state index >= 15 is 0 Å². The van der Waals surface area contributed by atoms with Crippen molar-refractivity contribution < 1.29 is 4.74 Å². The molecule has 1 fully saturated rings. The first kappa shape index (κ1) is 17.3. The highest BCUT2D eigenvalue weighted by Gasteiger charge is 2.23. The van der Waals surface area contributed by atoms with Gasteiger partial charge >= 0.3 is 0 Å². The van der Waals surface area contributed by atoms with Gasteiger partial charge in [0.15, 0.2) is 11.6 Å². The van der Waals surface area contributed by atoms with E-state index < -0.39 is 0 Å². The average Bonchev–Trinajstić information content (AvgIpc) is 3.24. The fourth-order valence-corrected chi connectivity index (χ4v) is 3.69. The Bertz CT molecular complexity index is 887.